The summed E-state index contributed by atoms with van der Waals surface area (Å²) in [6.45, 7) is 3.46. The average molecular weight is 311 g/mol. The second kappa shape index (κ2) is 5.77. The molecule has 0 radical (unpaired) electrons. The summed E-state index contributed by atoms with van der Waals surface area (Å²) < 4.78 is 29.8. The van der Waals surface area contributed by atoms with E-state index >= 15 is 0 Å². The fraction of sp³-hybridized carbons (Fsp3) is 0.533. The maximum absolute atomic E-state index is 12.4. The zero-order chi connectivity index (χ0) is 15.7. The van der Waals surface area contributed by atoms with Crippen molar-refractivity contribution in [3.8, 4) is 0 Å². The van der Waals surface area contributed by atoms with Gasteiger partial charge in [0, 0.05) is 18.2 Å². The Hall–Kier alpha value is -1.40. The Bertz CT molecular complexity index is 614. The van der Waals surface area contributed by atoms with Gasteiger partial charge in [-0.25, -0.2) is 8.42 Å². The summed E-state index contributed by atoms with van der Waals surface area (Å²) >= 11 is 0. The Labute approximate surface area is 125 Å². The molecule has 1 fully saturated rings. The monoisotopic (exact) mass is 311 g/mol. The van der Waals surface area contributed by atoms with E-state index in [4.69, 9.17) is 10.5 Å². The van der Waals surface area contributed by atoms with Crippen molar-refractivity contribution < 1.29 is 17.9 Å². The van der Waals surface area contributed by atoms with Gasteiger partial charge < -0.3 is 10.5 Å². The topological polar surface area (TPSA) is 86.5 Å². The van der Waals surface area contributed by atoms with Crippen LogP contribution in [0.5, 0.6) is 0 Å². The summed E-state index contributed by atoms with van der Waals surface area (Å²) in [5, 5.41) is -0.790. The zero-order valence-corrected chi connectivity index (χ0v) is 13.1. The standard InChI is InChI=1S/C15H21NO4S/c1-3-20-14(17)15(10-16)12(11-8-6-5-7-9-11)13(15)21(18,19)4-2/h5-9,12-13H,3-4,10,16H2,1-2H3/t12-,13-,15-/m1/s1. The van der Waals surface area contributed by atoms with E-state index in [1.807, 2.05) is 30.3 Å². The number of benzene rings is 1. The number of carbonyl (C=O) groups is 1. The van der Waals surface area contributed by atoms with Crippen LogP contribution in [0.1, 0.15) is 25.3 Å². The largest absolute Gasteiger partial charge is 0.465 e. The van der Waals surface area contributed by atoms with Crippen LogP contribution in [0.25, 0.3) is 0 Å². The molecular weight excluding hydrogens is 290 g/mol. The number of nitrogens with two attached hydrogens (primary N) is 1. The van der Waals surface area contributed by atoms with Gasteiger partial charge in [-0.3, -0.25) is 4.79 Å². The highest BCUT2D eigenvalue weighted by molar-refractivity contribution is 7.92. The molecule has 0 aromatic heterocycles. The van der Waals surface area contributed by atoms with E-state index in [1.165, 1.54) is 0 Å². The lowest BCUT2D eigenvalue weighted by Gasteiger charge is -2.14. The molecule has 116 valence electrons. The third-order valence-corrected chi connectivity index (χ3v) is 6.47. The molecule has 1 aromatic rings. The molecule has 1 aromatic carbocycles. The molecule has 5 nitrogen and oxygen atoms in total. The van der Waals surface area contributed by atoms with Crippen LogP contribution < -0.4 is 5.73 Å². The van der Waals surface area contributed by atoms with Gasteiger partial charge >= 0.3 is 5.97 Å². The van der Waals surface area contributed by atoms with Gasteiger partial charge in [-0.1, -0.05) is 37.3 Å². The van der Waals surface area contributed by atoms with Gasteiger partial charge in [-0.2, -0.15) is 0 Å². The summed E-state index contributed by atoms with van der Waals surface area (Å²) in [7, 11) is -3.39. The number of hydrogen-bond donors (Lipinski definition) is 1. The first-order valence-corrected chi connectivity index (χ1v) is 8.81. The van der Waals surface area contributed by atoms with Crippen LogP contribution in [0, 0.1) is 5.41 Å². The van der Waals surface area contributed by atoms with E-state index in [0.29, 0.717) is 0 Å². The van der Waals surface area contributed by atoms with E-state index in [9.17, 15) is 13.2 Å². The fourth-order valence-corrected chi connectivity index (χ4v) is 5.15. The van der Waals surface area contributed by atoms with E-state index in [0.717, 1.165) is 5.56 Å². The molecule has 21 heavy (non-hydrogen) atoms. The molecule has 2 N–H and O–H groups in total. The number of carbonyl (C=O) groups excluding carboxylic acids is 1. The zero-order valence-electron chi connectivity index (χ0n) is 12.3. The van der Waals surface area contributed by atoms with Crippen LogP contribution in [-0.4, -0.2) is 38.5 Å². The second-order valence-electron chi connectivity index (χ2n) is 5.23. The summed E-state index contributed by atoms with van der Waals surface area (Å²) in [4.78, 5) is 12.3. The number of rotatable bonds is 6. The summed E-state index contributed by atoms with van der Waals surface area (Å²) in [5.41, 5.74) is 5.48. The van der Waals surface area contributed by atoms with E-state index in [-0.39, 0.29) is 18.9 Å². The second-order valence-corrected chi connectivity index (χ2v) is 7.64. The van der Waals surface area contributed by atoms with Gasteiger partial charge in [0.05, 0.1) is 11.9 Å². The quantitative estimate of drug-likeness (QED) is 0.795. The third kappa shape index (κ3) is 2.46. The van der Waals surface area contributed by atoms with Crippen LogP contribution in [0.4, 0.5) is 0 Å². The Morgan fingerprint density at radius 2 is 1.90 bits per heavy atom. The molecule has 0 saturated heterocycles. The van der Waals surface area contributed by atoms with Gasteiger partial charge in [-0.05, 0) is 12.5 Å². The summed E-state index contributed by atoms with van der Waals surface area (Å²) in [5.74, 6) is -0.946. The highest BCUT2D eigenvalue weighted by atomic mass is 32.2. The minimum absolute atomic E-state index is 0.0118. The lowest BCUT2D eigenvalue weighted by atomic mass is 9.99. The smallest absolute Gasteiger partial charge is 0.315 e. The first-order chi connectivity index (χ1) is 9.95. The van der Waals surface area contributed by atoms with Crippen molar-refractivity contribution in [2.45, 2.75) is 25.0 Å². The van der Waals surface area contributed by atoms with Crippen molar-refractivity contribution in [3.05, 3.63) is 35.9 Å². The minimum Gasteiger partial charge on any atom is -0.465 e. The number of sulfone groups is 1. The highest BCUT2D eigenvalue weighted by Crippen LogP contribution is 2.63. The molecule has 0 bridgehead atoms. The maximum Gasteiger partial charge on any atom is 0.315 e. The number of ether oxygens (including phenoxy) is 1. The Kier molecular flexibility index (Phi) is 4.39. The van der Waals surface area contributed by atoms with Crippen LogP contribution in [0.3, 0.4) is 0 Å². The van der Waals surface area contributed by atoms with E-state index in [2.05, 4.69) is 0 Å². The number of hydrogen-bond acceptors (Lipinski definition) is 5. The predicted molar refractivity (Wildman–Crippen MR) is 80.6 cm³/mol. The van der Waals surface area contributed by atoms with Crippen LogP contribution in [0.2, 0.25) is 0 Å². The van der Waals surface area contributed by atoms with Crippen molar-refractivity contribution in [1.29, 1.82) is 0 Å². The van der Waals surface area contributed by atoms with Gasteiger partial charge in [0.25, 0.3) is 0 Å². The highest BCUT2D eigenvalue weighted by Gasteiger charge is 2.74. The van der Waals surface area contributed by atoms with E-state index < -0.39 is 32.4 Å². The normalized spacial score (nSPS) is 28.1. The number of esters is 1. The summed E-state index contributed by atoms with van der Waals surface area (Å²) in [6.07, 6.45) is 0. The molecule has 2 rings (SSSR count). The van der Waals surface area contributed by atoms with E-state index in [1.54, 1.807) is 13.8 Å². The van der Waals surface area contributed by atoms with Gasteiger partial charge in [0.1, 0.15) is 5.41 Å². The van der Waals surface area contributed by atoms with Crippen molar-refractivity contribution >= 4 is 15.8 Å². The van der Waals surface area contributed by atoms with Crippen molar-refractivity contribution in [2.75, 3.05) is 18.9 Å². The Balaban J connectivity index is 2.48. The fourth-order valence-electron chi connectivity index (χ4n) is 3.08. The van der Waals surface area contributed by atoms with Crippen molar-refractivity contribution in [2.24, 2.45) is 11.1 Å². The van der Waals surface area contributed by atoms with Crippen LogP contribution >= 0.6 is 0 Å². The van der Waals surface area contributed by atoms with Gasteiger partial charge in [0.2, 0.25) is 0 Å². The molecule has 1 aliphatic carbocycles. The third-order valence-electron chi connectivity index (χ3n) is 4.20. The first-order valence-electron chi connectivity index (χ1n) is 7.09. The molecule has 3 atom stereocenters. The molecular formula is C15H21NO4S. The SMILES string of the molecule is CCOC(=O)[C@]1(CN)[C@H](c2ccccc2)[C@H]1S(=O)(=O)CC. The van der Waals surface area contributed by atoms with Gasteiger partial charge in [-0.15, -0.1) is 0 Å². The Morgan fingerprint density at radius 1 is 1.29 bits per heavy atom. The molecule has 1 aliphatic rings. The molecule has 0 aliphatic heterocycles. The van der Waals surface area contributed by atoms with Gasteiger partial charge in [0.15, 0.2) is 9.84 Å². The first kappa shape index (κ1) is 16.0. The van der Waals surface area contributed by atoms with Crippen LogP contribution in [-0.2, 0) is 19.4 Å². The Morgan fingerprint density at radius 3 is 2.38 bits per heavy atom. The molecule has 0 amide bonds. The maximum atomic E-state index is 12.4. The lowest BCUT2D eigenvalue weighted by molar-refractivity contribution is -0.149. The van der Waals surface area contributed by atoms with Crippen LogP contribution in [0.15, 0.2) is 30.3 Å². The van der Waals surface area contributed by atoms with Crippen molar-refractivity contribution in [1.82, 2.24) is 0 Å². The molecule has 0 spiro atoms. The molecule has 0 unspecified atom stereocenters. The molecule has 6 heteroatoms. The molecule has 1 saturated carbocycles. The predicted octanol–water partition coefficient (Wildman–Crippen LogP) is 1.10. The lowest BCUT2D eigenvalue weighted by Crippen LogP contribution is -2.34. The minimum atomic E-state index is -3.39. The average Bonchev–Trinajstić information content (AvgIpc) is 3.20. The molecule has 0 heterocycles. The van der Waals surface area contributed by atoms with Crippen molar-refractivity contribution in [3.63, 3.8) is 0 Å². The summed E-state index contributed by atoms with van der Waals surface area (Å²) in [6, 6.07) is 9.17.